The van der Waals surface area contributed by atoms with Gasteiger partial charge in [-0.25, -0.2) is 0 Å². The molecule has 2 heterocycles. The topological polar surface area (TPSA) is 58.4 Å². The molecule has 0 atom stereocenters. The number of piperazine rings is 1. The second kappa shape index (κ2) is 5.87. The number of aryl methyl sites for hydroxylation is 1. The van der Waals surface area contributed by atoms with Gasteiger partial charge in [0.1, 0.15) is 12.2 Å². The Labute approximate surface area is 124 Å². The number of hydrogen-bond donors (Lipinski definition) is 0. The Kier molecular flexibility index (Phi) is 3.94. The van der Waals surface area contributed by atoms with Crippen molar-refractivity contribution in [2.45, 2.75) is 38.1 Å². The summed E-state index contributed by atoms with van der Waals surface area (Å²) in [4.78, 5) is 28.4. The van der Waals surface area contributed by atoms with Gasteiger partial charge in [0.15, 0.2) is 0 Å². The fraction of sp³-hybridized carbons (Fsp3) is 0.667. The van der Waals surface area contributed by atoms with Gasteiger partial charge in [0.2, 0.25) is 5.91 Å². The van der Waals surface area contributed by atoms with Gasteiger partial charge in [0.05, 0.1) is 0 Å². The molecule has 6 heteroatoms. The van der Waals surface area contributed by atoms with Crippen molar-refractivity contribution in [1.29, 1.82) is 0 Å². The highest BCUT2D eigenvalue weighted by molar-refractivity contribution is 5.95. The van der Waals surface area contributed by atoms with E-state index in [1.165, 1.54) is 19.3 Å². The number of amides is 2. The van der Waals surface area contributed by atoms with Crippen LogP contribution in [0.3, 0.4) is 0 Å². The molecule has 2 fully saturated rings. The molecule has 2 aliphatic rings. The Bertz CT molecular complexity index is 534. The maximum Gasteiger partial charge on any atom is 0.272 e. The van der Waals surface area contributed by atoms with E-state index in [-0.39, 0.29) is 18.4 Å². The first-order valence-corrected chi connectivity index (χ1v) is 7.73. The molecule has 0 bridgehead atoms. The van der Waals surface area contributed by atoms with E-state index in [0.717, 1.165) is 12.8 Å². The van der Waals surface area contributed by atoms with Crippen molar-refractivity contribution in [3.63, 3.8) is 0 Å². The number of carbonyl (C=O) groups is 2. The van der Waals surface area contributed by atoms with Gasteiger partial charge in [-0.1, -0.05) is 19.3 Å². The third-order valence-corrected chi connectivity index (χ3v) is 4.60. The summed E-state index contributed by atoms with van der Waals surface area (Å²) >= 11 is 0. The molecule has 3 rings (SSSR count). The summed E-state index contributed by atoms with van der Waals surface area (Å²) in [6, 6.07) is 2.08. The lowest BCUT2D eigenvalue weighted by Gasteiger charge is -2.40. The van der Waals surface area contributed by atoms with Gasteiger partial charge in [0, 0.05) is 32.4 Å². The molecule has 0 unspecified atom stereocenters. The zero-order valence-corrected chi connectivity index (χ0v) is 12.5. The first-order chi connectivity index (χ1) is 10.2. The normalized spacial score (nSPS) is 20.9. The summed E-state index contributed by atoms with van der Waals surface area (Å²) < 4.78 is 1.56. The van der Waals surface area contributed by atoms with E-state index in [1.807, 2.05) is 4.90 Å². The molecule has 0 N–H and O–H groups in total. The Balaban J connectivity index is 1.64. The Morgan fingerprint density at radius 1 is 1.24 bits per heavy atom. The van der Waals surface area contributed by atoms with Gasteiger partial charge in [-0.2, -0.15) is 5.10 Å². The van der Waals surface area contributed by atoms with Crippen LogP contribution in [0.15, 0.2) is 12.3 Å². The molecule has 1 saturated heterocycles. The molecule has 0 radical (unpaired) electrons. The maximum atomic E-state index is 12.4. The molecule has 0 aromatic carbocycles. The van der Waals surface area contributed by atoms with E-state index < -0.39 is 0 Å². The minimum atomic E-state index is -0.105. The molecule has 2 amide bonds. The molecular formula is C15H22N4O2. The van der Waals surface area contributed by atoms with Crippen molar-refractivity contribution in [2.75, 3.05) is 19.6 Å². The molecule has 21 heavy (non-hydrogen) atoms. The van der Waals surface area contributed by atoms with Gasteiger partial charge >= 0.3 is 0 Å². The van der Waals surface area contributed by atoms with Crippen molar-refractivity contribution in [1.82, 2.24) is 19.6 Å². The maximum absolute atomic E-state index is 12.4. The third-order valence-electron chi connectivity index (χ3n) is 4.60. The van der Waals surface area contributed by atoms with Crippen molar-refractivity contribution < 1.29 is 9.59 Å². The van der Waals surface area contributed by atoms with Crippen LogP contribution in [0.25, 0.3) is 0 Å². The molecular weight excluding hydrogens is 268 g/mol. The molecule has 1 aliphatic carbocycles. The third kappa shape index (κ3) is 2.80. The van der Waals surface area contributed by atoms with E-state index in [4.69, 9.17) is 0 Å². The van der Waals surface area contributed by atoms with Gasteiger partial charge < -0.3 is 9.80 Å². The van der Waals surface area contributed by atoms with E-state index in [0.29, 0.717) is 24.8 Å². The van der Waals surface area contributed by atoms with Crippen LogP contribution in [0.5, 0.6) is 0 Å². The van der Waals surface area contributed by atoms with E-state index in [2.05, 4.69) is 5.10 Å². The SMILES string of the molecule is Cn1nccc1C(=O)N1CCN(C2CCCCC2)C(=O)C1. The zero-order chi connectivity index (χ0) is 14.8. The van der Waals surface area contributed by atoms with Crippen molar-refractivity contribution in [2.24, 2.45) is 7.05 Å². The summed E-state index contributed by atoms with van der Waals surface area (Å²) in [6.07, 6.45) is 7.54. The van der Waals surface area contributed by atoms with E-state index in [1.54, 1.807) is 28.9 Å². The average Bonchev–Trinajstić information content (AvgIpc) is 2.93. The van der Waals surface area contributed by atoms with Crippen LogP contribution >= 0.6 is 0 Å². The largest absolute Gasteiger partial charge is 0.336 e. The number of carbonyl (C=O) groups excluding carboxylic acids is 2. The van der Waals surface area contributed by atoms with E-state index in [9.17, 15) is 9.59 Å². The van der Waals surface area contributed by atoms with Gasteiger partial charge in [-0.05, 0) is 18.9 Å². The van der Waals surface area contributed by atoms with Gasteiger partial charge in [-0.3, -0.25) is 14.3 Å². The van der Waals surface area contributed by atoms with Gasteiger partial charge in [0.25, 0.3) is 5.91 Å². The fourth-order valence-corrected chi connectivity index (χ4v) is 3.38. The number of hydrogen-bond acceptors (Lipinski definition) is 3. The fourth-order valence-electron chi connectivity index (χ4n) is 3.38. The Morgan fingerprint density at radius 3 is 2.62 bits per heavy atom. The number of aromatic nitrogens is 2. The monoisotopic (exact) mass is 290 g/mol. The number of nitrogens with zero attached hydrogens (tertiary/aromatic N) is 4. The lowest BCUT2D eigenvalue weighted by Crippen LogP contribution is -2.55. The molecule has 1 aromatic heterocycles. The summed E-state index contributed by atoms with van der Waals surface area (Å²) in [5.41, 5.74) is 0.536. The van der Waals surface area contributed by atoms with E-state index >= 15 is 0 Å². The van der Waals surface area contributed by atoms with Crippen LogP contribution in [-0.2, 0) is 11.8 Å². The van der Waals surface area contributed by atoms with Crippen molar-refractivity contribution >= 4 is 11.8 Å². The van der Waals surface area contributed by atoms with Gasteiger partial charge in [-0.15, -0.1) is 0 Å². The molecule has 1 aliphatic heterocycles. The zero-order valence-electron chi connectivity index (χ0n) is 12.5. The second-order valence-electron chi connectivity index (χ2n) is 5.95. The average molecular weight is 290 g/mol. The predicted octanol–water partition coefficient (Wildman–Crippen LogP) is 1.04. The van der Waals surface area contributed by atoms with Crippen LogP contribution < -0.4 is 0 Å². The van der Waals surface area contributed by atoms with Crippen molar-refractivity contribution in [3.05, 3.63) is 18.0 Å². The minimum Gasteiger partial charge on any atom is -0.336 e. The molecule has 0 spiro atoms. The number of rotatable bonds is 2. The highest BCUT2D eigenvalue weighted by atomic mass is 16.2. The quantitative estimate of drug-likeness (QED) is 0.817. The van der Waals surface area contributed by atoms with Crippen LogP contribution in [0.1, 0.15) is 42.6 Å². The smallest absolute Gasteiger partial charge is 0.272 e. The lowest BCUT2D eigenvalue weighted by atomic mass is 9.93. The second-order valence-corrected chi connectivity index (χ2v) is 5.95. The highest BCUT2D eigenvalue weighted by Gasteiger charge is 2.33. The summed E-state index contributed by atoms with van der Waals surface area (Å²) in [5, 5.41) is 4.01. The summed E-state index contributed by atoms with van der Waals surface area (Å²) in [5.74, 6) is -0.0182. The first kappa shape index (κ1) is 14.1. The predicted molar refractivity (Wildman–Crippen MR) is 77.7 cm³/mol. The summed E-state index contributed by atoms with van der Waals surface area (Å²) in [6.45, 7) is 1.47. The van der Waals surface area contributed by atoms with Crippen LogP contribution in [-0.4, -0.2) is 57.1 Å². The van der Waals surface area contributed by atoms with Crippen LogP contribution in [0, 0.1) is 0 Å². The highest BCUT2D eigenvalue weighted by Crippen LogP contribution is 2.24. The molecule has 114 valence electrons. The summed E-state index contributed by atoms with van der Waals surface area (Å²) in [7, 11) is 1.74. The first-order valence-electron chi connectivity index (χ1n) is 7.73. The molecule has 1 aromatic rings. The molecule has 1 saturated carbocycles. The van der Waals surface area contributed by atoms with Crippen molar-refractivity contribution in [3.8, 4) is 0 Å². The lowest BCUT2D eigenvalue weighted by molar-refractivity contribution is -0.138. The Morgan fingerprint density at radius 2 is 2.00 bits per heavy atom. The minimum absolute atomic E-state index is 0.0867. The molecule has 6 nitrogen and oxygen atoms in total. The van der Waals surface area contributed by atoms with Crippen LogP contribution in [0.2, 0.25) is 0 Å². The Hall–Kier alpha value is -1.85. The standard InChI is InChI=1S/C15H22N4O2/c1-17-13(7-8-16-17)15(21)18-9-10-19(14(20)11-18)12-5-3-2-4-6-12/h7-8,12H,2-6,9-11H2,1H3. The van der Waals surface area contributed by atoms with Crippen LogP contribution in [0.4, 0.5) is 0 Å².